The Hall–Kier alpha value is -1.44. The zero-order valence-corrected chi connectivity index (χ0v) is 15.7. The molecule has 1 heterocycles. The summed E-state index contributed by atoms with van der Waals surface area (Å²) in [6.45, 7) is 11.2. The van der Waals surface area contributed by atoms with Gasteiger partial charge in [0.1, 0.15) is 0 Å². The van der Waals surface area contributed by atoms with E-state index >= 15 is 0 Å². The number of quaternary nitrogens is 1. The molecule has 0 aliphatic carbocycles. The Morgan fingerprint density at radius 2 is 1.75 bits per heavy atom. The van der Waals surface area contributed by atoms with Crippen molar-refractivity contribution < 1.29 is 18.1 Å². The minimum atomic E-state index is -3.54. The molecule has 1 aromatic rings. The first-order chi connectivity index (χ1) is 11.1. The van der Waals surface area contributed by atoms with E-state index in [0.717, 1.165) is 31.7 Å². The van der Waals surface area contributed by atoms with Crippen LogP contribution in [0.2, 0.25) is 0 Å². The van der Waals surface area contributed by atoms with E-state index in [1.165, 1.54) is 4.90 Å². The molecule has 2 rings (SSSR count). The molecular weight excluding hydrogens is 326 g/mol. The van der Waals surface area contributed by atoms with Crippen LogP contribution in [-0.2, 0) is 14.8 Å². The second-order valence-corrected chi connectivity index (χ2v) is 8.92. The molecule has 0 atom stereocenters. The number of piperazine rings is 1. The third-order valence-corrected chi connectivity index (χ3v) is 6.06. The summed E-state index contributed by atoms with van der Waals surface area (Å²) in [5.74, 6) is 0.105. The van der Waals surface area contributed by atoms with Crippen molar-refractivity contribution in [1.29, 1.82) is 0 Å². The third-order valence-electron chi connectivity index (χ3n) is 4.35. The molecule has 1 fully saturated rings. The summed E-state index contributed by atoms with van der Waals surface area (Å²) in [7, 11) is -3.54. The highest BCUT2D eigenvalue weighted by Crippen LogP contribution is 2.13. The largest absolute Gasteiger partial charge is 0.332 e. The Morgan fingerprint density at radius 3 is 2.25 bits per heavy atom. The van der Waals surface area contributed by atoms with Crippen LogP contribution in [0.5, 0.6) is 0 Å². The van der Waals surface area contributed by atoms with Gasteiger partial charge in [-0.3, -0.25) is 4.79 Å². The SMILES string of the molecule is CC(=O)N1CC[NH+](CC(C)(C)NS(=O)(=O)c2ccc(C)cc2)CC1. The van der Waals surface area contributed by atoms with Gasteiger partial charge in [-0.1, -0.05) is 17.7 Å². The van der Waals surface area contributed by atoms with E-state index in [2.05, 4.69) is 4.72 Å². The van der Waals surface area contributed by atoms with Crippen molar-refractivity contribution in [3.8, 4) is 0 Å². The number of aryl methyl sites for hydroxylation is 1. The fourth-order valence-electron chi connectivity index (χ4n) is 3.12. The Morgan fingerprint density at radius 1 is 1.21 bits per heavy atom. The van der Waals surface area contributed by atoms with Gasteiger partial charge in [0.2, 0.25) is 15.9 Å². The maximum Gasteiger partial charge on any atom is 0.241 e. The fourth-order valence-corrected chi connectivity index (χ4v) is 4.53. The van der Waals surface area contributed by atoms with Crippen molar-refractivity contribution in [3.63, 3.8) is 0 Å². The minimum Gasteiger partial charge on any atom is -0.332 e. The van der Waals surface area contributed by atoms with Crippen LogP contribution in [0.1, 0.15) is 26.3 Å². The molecule has 1 aliphatic heterocycles. The van der Waals surface area contributed by atoms with Crippen LogP contribution in [0.3, 0.4) is 0 Å². The number of benzene rings is 1. The standard InChI is InChI=1S/C17H27N3O3S/c1-14-5-7-16(8-6-14)24(22,23)18-17(3,4)13-19-9-11-20(12-10-19)15(2)21/h5-8,18H,9-13H2,1-4H3/p+1. The maximum absolute atomic E-state index is 12.6. The molecule has 1 amide bonds. The first-order valence-corrected chi connectivity index (χ1v) is 9.77. The van der Waals surface area contributed by atoms with Crippen molar-refractivity contribution in [2.75, 3.05) is 32.7 Å². The molecule has 0 saturated carbocycles. The topological polar surface area (TPSA) is 70.9 Å². The lowest BCUT2D eigenvalue weighted by molar-refractivity contribution is -0.907. The zero-order valence-electron chi connectivity index (χ0n) is 14.9. The number of amides is 1. The zero-order chi connectivity index (χ0) is 18.0. The Kier molecular flexibility index (Phi) is 5.67. The van der Waals surface area contributed by atoms with Gasteiger partial charge in [0, 0.05) is 6.92 Å². The van der Waals surface area contributed by atoms with Crippen molar-refractivity contribution in [3.05, 3.63) is 29.8 Å². The van der Waals surface area contributed by atoms with E-state index in [4.69, 9.17) is 0 Å². The maximum atomic E-state index is 12.6. The number of carbonyl (C=O) groups excluding carboxylic acids is 1. The highest BCUT2D eigenvalue weighted by atomic mass is 32.2. The lowest BCUT2D eigenvalue weighted by atomic mass is 10.1. The molecule has 0 bridgehead atoms. The second kappa shape index (κ2) is 7.21. The van der Waals surface area contributed by atoms with E-state index in [-0.39, 0.29) is 10.8 Å². The average molecular weight is 354 g/mol. The van der Waals surface area contributed by atoms with Gasteiger partial charge in [-0.2, -0.15) is 4.72 Å². The number of nitrogens with zero attached hydrogens (tertiary/aromatic N) is 1. The molecule has 0 spiro atoms. The van der Waals surface area contributed by atoms with Crippen LogP contribution < -0.4 is 9.62 Å². The third kappa shape index (κ3) is 5.03. The highest BCUT2D eigenvalue weighted by molar-refractivity contribution is 7.89. The lowest BCUT2D eigenvalue weighted by Crippen LogP contribution is -3.16. The molecule has 1 saturated heterocycles. The monoisotopic (exact) mass is 354 g/mol. The van der Waals surface area contributed by atoms with Crippen LogP contribution in [0.15, 0.2) is 29.2 Å². The first kappa shape index (κ1) is 18.9. The molecule has 0 radical (unpaired) electrons. The summed E-state index contributed by atoms with van der Waals surface area (Å²) in [6.07, 6.45) is 0. The number of nitrogens with one attached hydrogen (secondary N) is 2. The van der Waals surface area contributed by atoms with Gasteiger partial charge in [-0.25, -0.2) is 8.42 Å². The van der Waals surface area contributed by atoms with E-state index in [1.807, 2.05) is 25.7 Å². The van der Waals surface area contributed by atoms with E-state index in [9.17, 15) is 13.2 Å². The van der Waals surface area contributed by atoms with Crippen molar-refractivity contribution in [1.82, 2.24) is 9.62 Å². The first-order valence-electron chi connectivity index (χ1n) is 8.29. The molecule has 2 N–H and O–H groups in total. The lowest BCUT2D eigenvalue weighted by Gasteiger charge is -2.36. The van der Waals surface area contributed by atoms with Crippen LogP contribution in [0.25, 0.3) is 0 Å². The molecule has 24 heavy (non-hydrogen) atoms. The molecule has 1 aliphatic rings. The summed E-state index contributed by atoms with van der Waals surface area (Å²) < 4.78 is 28.0. The average Bonchev–Trinajstić information content (AvgIpc) is 2.46. The van der Waals surface area contributed by atoms with Gasteiger partial charge in [0.15, 0.2) is 0 Å². The normalized spacial score (nSPS) is 17.1. The Balaban J connectivity index is 1.98. The predicted octanol–water partition coefficient (Wildman–Crippen LogP) is -0.201. The van der Waals surface area contributed by atoms with Crippen molar-refractivity contribution in [2.45, 2.75) is 38.1 Å². The molecular formula is C17H28N3O3S+. The number of hydrogen-bond acceptors (Lipinski definition) is 3. The predicted molar refractivity (Wildman–Crippen MR) is 93.4 cm³/mol. The van der Waals surface area contributed by atoms with Gasteiger partial charge >= 0.3 is 0 Å². The summed E-state index contributed by atoms with van der Waals surface area (Å²) in [4.78, 5) is 14.8. The number of sulfonamides is 1. The van der Waals surface area contributed by atoms with Crippen LogP contribution >= 0.6 is 0 Å². The molecule has 0 aromatic heterocycles. The summed E-state index contributed by atoms with van der Waals surface area (Å²) in [5, 5.41) is 0. The summed E-state index contributed by atoms with van der Waals surface area (Å²) in [6, 6.07) is 6.86. The molecule has 134 valence electrons. The van der Waals surface area contributed by atoms with Gasteiger partial charge < -0.3 is 9.80 Å². The number of rotatable bonds is 5. The van der Waals surface area contributed by atoms with Gasteiger partial charge in [0.05, 0.1) is 43.2 Å². The van der Waals surface area contributed by atoms with E-state index < -0.39 is 15.6 Å². The van der Waals surface area contributed by atoms with Crippen LogP contribution in [0.4, 0.5) is 0 Å². The Labute approximate surface area is 144 Å². The van der Waals surface area contributed by atoms with E-state index in [0.29, 0.717) is 6.54 Å². The fraction of sp³-hybridized carbons (Fsp3) is 0.588. The van der Waals surface area contributed by atoms with Gasteiger partial charge in [-0.15, -0.1) is 0 Å². The van der Waals surface area contributed by atoms with Gasteiger partial charge in [-0.05, 0) is 32.9 Å². The van der Waals surface area contributed by atoms with Crippen LogP contribution in [0, 0.1) is 6.92 Å². The van der Waals surface area contributed by atoms with E-state index in [1.54, 1.807) is 31.2 Å². The number of hydrogen-bond donors (Lipinski definition) is 2. The van der Waals surface area contributed by atoms with Crippen molar-refractivity contribution in [2.24, 2.45) is 0 Å². The number of carbonyl (C=O) groups is 1. The Bertz CT molecular complexity index is 676. The smallest absolute Gasteiger partial charge is 0.241 e. The molecule has 1 aromatic carbocycles. The highest BCUT2D eigenvalue weighted by Gasteiger charge is 2.32. The second-order valence-electron chi connectivity index (χ2n) is 7.24. The van der Waals surface area contributed by atoms with Crippen LogP contribution in [-0.4, -0.2) is 57.5 Å². The quantitative estimate of drug-likeness (QED) is 0.769. The van der Waals surface area contributed by atoms with Crippen molar-refractivity contribution >= 4 is 15.9 Å². The molecule has 6 nitrogen and oxygen atoms in total. The molecule has 0 unspecified atom stereocenters. The van der Waals surface area contributed by atoms with Gasteiger partial charge in [0.25, 0.3) is 0 Å². The molecule has 7 heteroatoms. The minimum absolute atomic E-state index is 0.105. The summed E-state index contributed by atoms with van der Waals surface area (Å²) in [5.41, 5.74) is 0.471. The summed E-state index contributed by atoms with van der Waals surface area (Å²) >= 11 is 0.